The Morgan fingerprint density at radius 3 is 2.56 bits per heavy atom. The van der Waals surface area contributed by atoms with E-state index in [9.17, 15) is 23.2 Å². The van der Waals surface area contributed by atoms with Crippen molar-refractivity contribution in [2.75, 3.05) is 26.2 Å². The lowest BCUT2D eigenvalue weighted by molar-refractivity contribution is -0.0515. The highest BCUT2D eigenvalue weighted by Gasteiger charge is 2.29. The molecule has 4 rings (SSSR count). The van der Waals surface area contributed by atoms with E-state index in [0.29, 0.717) is 31.1 Å². The number of alkyl halides is 2. The Labute approximate surface area is 247 Å². The van der Waals surface area contributed by atoms with Gasteiger partial charge in [0, 0.05) is 25.2 Å². The number of nitrogens with zero attached hydrogens (tertiary/aromatic N) is 2. The highest BCUT2D eigenvalue weighted by molar-refractivity contribution is 5.94. The number of carboxylic acid groups (broad SMARTS) is 1. The van der Waals surface area contributed by atoms with Gasteiger partial charge < -0.3 is 39.3 Å². The zero-order valence-electron chi connectivity index (χ0n) is 24.4. The number of ether oxygens (including phenoxy) is 3. The standard InChI is InChI=1S/C29H36F2N4O8/c1-16(33-27(37)43-29(2,3)4)23-22(24(36)32-14-17-9-11-35(12-10-17)28(38)39)34-25(42-23)19-7-8-20(41-26(30)31)21(13-19)40-15-18-5-6-18/h7-9,13,16,18,26H,5-6,10-12,14-15H2,1-4H3,(H,32,36)(H,33,37)(H,38,39). The van der Waals surface area contributed by atoms with Crippen molar-refractivity contribution < 1.29 is 46.9 Å². The molecule has 234 valence electrons. The van der Waals surface area contributed by atoms with E-state index in [0.717, 1.165) is 18.4 Å². The van der Waals surface area contributed by atoms with Crippen LogP contribution >= 0.6 is 0 Å². The fourth-order valence-electron chi connectivity index (χ4n) is 4.22. The highest BCUT2D eigenvalue weighted by Crippen LogP contribution is 2.37. The molecule has 1 unspecified atom stereocenters. The van der Waals surface area contributed by atoms with Crippen LogP contribution < -0.4 is 20.1 Å². The number of rotatable bonds is 11. The fourth-order valence-corrected chi connectivity index (χ4v) is 4.22. The molecule has 2 aromatic rings. The first-order valence-electron chi connectivity index (χ1n) is 13.9. The third kappa shape index (κ3) is 9.06. The summed E-state index contributed by atoms with van der Waals surface area (Å²) in [6.45, 7) is 4.69. The van der Waals surface area contributed by atoms with E-state index in [1.54, 1.807) is 33.8 Å². The molecule has 3 amide bonds. The quantitative estimate of drug-likeness (QED) is 0.287. The molecule has 1 fully saturated rings. The number of hydrogen-bond donors (Lipinski definition) is 3. The Hall–Kier alpha value is -4.36. The summed E-state index contributed by atoms with van der Waals surface area (Å²) in [6.07, 6.45) is 2.43. The molecule has 1 aliphatic heterocycles. The van der Waals surface area contributed by atoms with Crippen molar-refractivity contribution in [2.24, 2.45) is 5.92 Å². The summed E-state index contributed by atoms with van der Waals surface area (Å²) in [5, 5.41) is 14.6. The number of carbonyl (C=O) groups excluding carboxylic acids is 2. The fraction of sp³-hybridized carbons (Fsp3) is 0.517. The molecule has 1 aromatic heterocycles. The van der Waals surface area contributed by atoms with Crippen LogP contribution in [0.2, 0.25) is 0 Å². The zero-order valence-corrected chi connectivity index (χ0v) is 24.4. The first-order chi connectivity index (χ1) is 20.3. The van der Waals surface area contributed by atoms with E-state index >= 15 is 0 Å². The Balaban J connectivity index is 1.59. The lowest BCUT2D eigenvalue weighted by Crippen LogP contribution is -2.36. The molecular weight excluding hydrogens is 570 g/mol. The summed E-state index contributed by atoms with van der Waals surface area (Å²) in [5.74, 6) is -0.278. The number of aromatic nitrogens is 1. The molecule has 1 aromatic carbocycles. The minimum Gasteiger partial charge on any atom is -0.489 e. The predicted octanol–water partition coefficient (Wildman–Crippen LogP) is 5.36. The average Bonchev–Trinajstić information content (AvgIpc) is 3.65. The molecule has 0 saturated heterocycles. The van der Waals surface area contributed by atoms with Crippen molar-refractivity contribution in [1.82, 2.24) is 20.5 Å². The van der Waals surface area contributed by atoms with Crippen molar-refractivity contribution in [2.45, 2.75) is 65.2 Å². The summed E-state index contributed by atoms with van der Waals surface area (Å²) in [5.41, 5.74) is 0.318. The van der Waals surface area contributed by atoms with Gasteiger partial charge in [0.2, 0.25) is 5.89 Å². The van der Waals surface area contributed by atoms with Gasteiger partial charge in [-0.2, -0.15) is 8.78 Å². The summed E-state index contributed by atoms with van der Waals surface area (Å²) in [4.78, 5) is 42.6. The molecule has 14 heteroatoms. The second-order valence-electron chi connectivity index (χ2n) is 11.4. The second-order valence-corrected chi connectivity index (χ2v) is 11.4. The van der Waals surface area contributed by atoms with Crippen molar-refractivity contribution in [3.63, 3.8) is 0 Å². The van der Waals surface area contributed by atoms with E-state index in [-0.39, 0.29) is 41.9 Å². The van der Waals surface area contributed by atoms with E-state index in [1.165, 1.54) is 23.1 Å². The lowest BCUT2D eigenvalue weighted by Gasteiger charge is -2.23. The first kappa shape index (κ1) is 31.6. The number of carbonyl (C=O) groups is 3. The van der Waals surface area contributed by atoms with Gasteiger partial charge in [-0.15, -0.1) is 0 Å². The number of halogens is 2. The lowest BCUT2D eigenvalue weighted by atomic mass is 10.1. The maximum Gasteiger partial charge on any atom is 0.408 e. The van der Waals surface area contributed by atoms with E-state index in [1.807, 2.05) is 0 Å². The molecule has 0 radical (unpaired) electrons. The molecule has 2 aliphatic rings. The molecular formula is C29H36F2N4O8. The Morgan fingerprint density at radius 1 is 1.21 bits per heavy atom. The number of nitrogens with one attached hydrogen (secondary N) is 2. The minimum absolute atomic E-state index is 0.00756. The molecule has 1 atom stereocenters. The van der Waals surface area contributed by atoms with Gasteiger partial charge in [0.25, 0.3) is 5.91 Å². The normalized spacial score (nSPS) is 15.9. The Kier molecular flexibility index (Phi) is 9.77. The minimum atomic E-state index is -3.05. The summed E-state index contributed by atoms with van der Waals surface area (Å²) < 4.78 is 47.7. The number of amides is 3. The number of oxazole rings is 1. The van der Waals surface area contributed by atoms with Gasteiger partial charge in [-0.25, -0.2) is 14.6 Å². The predicted molar refractivity (Wildman–Crippen MR) is 149 cm³/mol. The Bertz CT molecular complexity index is 1370. The molecule has 12 nitrogen and oxygen atoms in total. The van der Waals surface area contributed by atoms with Gasteiger partial charge in [0.15, 0.2) is 23.0 Å². The summed E-state index contributed by atoms with van der Waals surface area (Å²) >= 11 is 0. The van der Waals surface area contributed by atoms with Crippen molar-refractivity contribution >= 4 is 18.1 Å². The topological polar surface area (TPSA) is 152 Å². The van der Waals surface area contributed by atoms with Crippen LogP contribution in [0.15, 0.2) is 34.3 Å². The van der Waals surface area contributed by atoms with Crippen molar-refractivity contribution in [1.29, 1.82) is 0 Å². The van der Waals surface area contributed by atoms with Crippen LogP contribution in [0.1, 0.15) is 69.2 Å². The van der Waals surface area contributed by atoms with Crippen LogP contribution in [-0.2, 0) is 4.74 Å². The first-order valence-corrected chi connectivity index (χ1v) is 13.9. The molecule has 0 bridgehead atoms. The van der Waals surface area contributed by atoms with Crippen molar-refractivity contribution in [3.05, 3.63) is 41.3 Å². The van der Waals surface area contributed by atoms with Crippen molar-refractivity contribution in [3.8, 4) is 23.0 Å². The van der Waals surface area contributed by atoms with Gasteiger partial charge in [-0.3, -0.25) is 4.79 Å². The molecule has 1 saturated carbocycles. The van der Waals surface area contributed by atoms with Gasteiger partial charge in [-0.05, 0) is 71.1 Å². The largest absolute Gasteiger partial charge is 0.489 e. The maximum absolute atomic E-state index is 13.3. The number of alkyl carbamates (subject to hydrolysis) is 1. The van der Waals surface area contributed by atoms with Crippen LogP contribution in [0.25, 0.3) is 11.5 Å². The second kappa shape index (κ2) is 13.3. The van der Waals surface area contributed by atoms with Gasteiger partial charge in [0.05, 0.1) is 12.6 Å². The van der Waals surface area contributed by atoms with Gasteiger partial charge in [-0.1, -0.05) is 11.6 Å². The zero-order chi connectivity index (χ0) is 31.3. The number of benzene rings is 1. The van der Waals surface area contributed by atoms with Gasteiger partial charge >= 0.3 is 18.8 Å². The molecule has 1 aliphatic carbocycles. The molecule has 0 spiro atoms. The highest BCUT2D eigenvalue weighted by atomic mass is 19.3. The number of hydrogen-bond acceptors (Lipinski definition) is 8. The van der Waals surface area contributed by atoms with E-state index < -0.39 is 36.3 Å². The smallest absolute Gasteiger partial charge is 0.408 e. The SMILES string of the molecule is CC(NC(=O)OC(C)(C)C)c1oc(-c2ccc(OC(F)F)c(OCC3CC3)c2)nc1C(=O)NCC1=CCN(C(=O)O)CC1. The third-order valence-corrected chi connectivity index (χ3v) is 6.62. The van der Waals surface area contributed by atoms with Gasteiger partial charge in [0.1, 0.15) is 5.60 Å². The van der Waals surface area contributed by atoms with Crippen LogP contribution in [0.4, 0.5) is 18.4 Å². The molecule has 2 heterocycles. The van der Waals surface area contributed by atoms with E-state index in [4.69, 9.17) is 19.0 Å². The van der Waals surface area contributed by atoms with Crippen LogP contribution in [0.3, 0.4) is 0 Å². The summed E-state index contributed by atoms with van der Waals surface area (Å²) in [6, 6.07) is 3.36. The van der Waals surface area contributed by atoms with Crippen LogP contribution in [0.5, 0.6) is 11.5 Å². The average molecular weight is 607 g/mol. The molecule has 3 N–H and O–H groups in total. The maximum atomic E-state index is 13.3. The molecule has 43 heavy (non-hydrogen) atoms. The van der Waals surface area contributed by atoms with E-state index in [2.05, 4.69) is 20.4 Å². The van der Waals surface area contributed by atoms with Crippen LogP contribution in [-0.4, -0.2) is 71.5 Å². The summed E-state index contributed by atoms with van der Waals surface area (Å²) in [7, 11) is 0. The Morgan fingerprint density at radius 2 is 1.95 bits per heavy atom. The third-order valence-electron chi connectivity index (χ3n) is 6.62. The van der Waals surface area contributed by atoms with Crippen LogP contribution in [0, 0.1) is 5.92 Å². The monoisotopic (exact) mass is 606 g/mol.